The number of hydrogen-bond donors (Lipinski definition) is 2. The maximum atomic E-state index is 9.75. The normalized spacial score (nSPS) is 19.4. The largest absolute Gasteiger partial charge is 0.488 e. The minimum absolute atomic E-state index is 0.132. The number of ether oxygens (including phenoxy) is 1. The molecule has 0 aliphatic heterocycles. The Balaban J connectivity index is 1.44. The van der Waals surface area contributed by atoms with Crippen LogP contribution in [0.15, 0.2) is 42.9 Å². The van der Waals surface area contributed by atoms with E-state index in [-0.39, 0.29) is 12.2 Å². The van der Waals surface area contributed by atoms with E-state index in [9.17, 15) is 5.11 Å². The van der Waals surface area contributed by atoms with Gasteiger partial charge in [0.2, 0.25) is 0 Å². The van der Waals surface area contributed by atoms with E-state index in [2.05, 4.69) is 34.0 Å². The van der Waals surface area contributed by atoms with Crippen molar-refractivity contribution in [2.45, 2.75) is 57.7 Å². The van der Waals surface area contributed by atoms with E-state index in [1.54, 1.807) is 6.33 Å². The molecule has 1 aliphatic rings. The average Bonchev–Trinajstić information content (AvgIpc) is 3.24. The van der Waals surface area contributed by atoms with Crippen molar-refractivity contribution in [1.29, 1.82) is 0 Å². The number of para-hydroxylation sites is 1. The molecule has 0 amide bonds. The van der Waals surface area contributed by atoms with Crippen molar-refractivity contribution in [1.82, 2.24) is 19.9 Å². The quantitative estimate of drug-likeness (QED) is 0.519. The summed E-state index contributed by atoms with van der Waals surface area (Å²) in [6.07, 6.45) is 8.50. The Morgan fingerprint density at radius 1 is 1.10 bits per heavy atom. The zero-order chi connectivity index (χ0) is 20.5. The smallest absolute Gasteiger partial charge is 0.146 e. The molecule has 2 N–H and O–H groups in total. The van der Waals surface area contributed by atoms with Crippen molar-refractivity contribution < 1.29 is 9.84 Å². The van der Waals surface area contributed by atoms with Gasteiger partial charge in [0.1, 0.15) is 17.1 Å². The van der Waals surface area contributed by atoms with E-state index >= 15 is 0 Å². The van der Waals surface area contributed by atoms with Crippen LogP contribution in [-0.4, -0.2) is 37.3 Å². The lowest BCUT2D eigenvalue weighted by atomic mass is 9.95. The van der Waals surface area contributed by atoms with Gasteiger partial charge in [0.25, 0.3) is 0 Å². The molecule has 1 aliphatic carbocycles. The van der Waals surface area contributed by atoms with E-state index in [0.717, 1.165) is 65.6 Å². The second-order valence-electron chi connectivity index (χ2n) is 8.11. The number of aromatic amines is 1. The predicted molar refractivity (Wildman–Crippen MR) is 117 cm³/mol. The molecule has 0 atom stereocenters. The third-order valence-electron chi connectivity index (χ3n) is 5.97. The Bertz CT molecular complexity index is 1180. The van der Waals surface area contributed by atoms with E-state index in [4.69, 9.17) is 9.72 Å². The van der Waals surface area contributed by atoms with Gasteiger partial charge in [-0.3, -0.25) is 0 Å². The maximum Gasteiger partial charge on any atom is 0.146 e. The summed E-state index contributed by atoms with van der Waals surface area (Å²) in [7, 11) is 0. The first-order valence-corrected chi connectivity index (χ1v) is 10.7. The van der Waals surface area contributed by atoms with Gasteiger partial charge < -0.3 is 14.8 Å². The molecular formula is C24H26N4O2. The van der Waals surface area contributed by atoms with E-state index < -0.39 is 0 Å². The first-order valence-electron chi connectivity index (χ1n) is 10.7. The number of aliphatic hydroxyl groups excluding tert-OH is 1. The molecule has 6 nitrogen and oxygen atoms in total. The molecule has 5 rings (SSSR count). The summed E-state index contributed by atoms with van der Waals surface area (Å²) in [5.74, 6) is 1.58. The molecule has 2 aromatic heterocycles. The molecule has 4 aromatic rings. The summed E-state index contributed by atoms with van der Waals surface area (Å²) >= 11 is 0. The number of hydrogen-bond acceptors (Lipinski definition) is 5. The summed E-state index contributed by atoms with van der Waals surface area (Å²) in [4.78, 5) is 17.1. The fourth-order valence-electron chi connectivity index (χ4n) is 4.33. The fraction of sp³-hybridized carbons (Fsp3) is 0.375. The number of nitrogens with zero attached hydrogens (tertiary/aromatic N) is 3. The highest BCUT2D eigenvalue weighted by Crippen LogP contribution is 2.29. The van der Waals surface area contributed by atoms with Gasteiger partial charge >= 0.3 is 0 Å². The molecule has 0 bridgehead atoms. The molecule has 30 heavy (non-hydrogen) atoms. The summed E-state index contributed by atoms with van der Waals surface area (Å²) in [5, 5.41) is 10.7. The SMILES string of the molecule is CCc1cc(Cc2ncc3cccc(OC4CCC(O)CC4)c3n2)cc2[nH]cnc12. The Hall–Kier alpha value is -2.99. The molecule has 0 spiro atoms. The predicted octanol–water partition coefficient (Wildman–Crippen LogP) is 4.34. The molecule has 2 heterocycles. The summed E-state index contributed by atoms with van der Waals surface area (Å²) in [5.41, 5.74) is 5.34. The zero-order valence-corrected chi connectivity index (χ0v) is 17.1. The van der Waals surface area contributed by atoms with Gasteiger partial charge in [-0.15, -0.1) is 0 Å². The minimum atomic E-state index is -0.188. The second-order valence-corrected chi connectivity index (χ2v) is 8.11. The van der Waals surface area contributed by atoms with Crippen LogP contribution in [-0.2, 0) is 12.8 Å². The monoisotopic (exact) mass is 402 g/mol. The molecule has 6 heteroatoms. The van der Waals surface area contributed by atoms with Crippen LogP contribution in [0.3, 0.4) is 0 Å². The Labute approximate surface area is 175 Å². The first-order chi connectivity index (χ1) is 14.7. The molecule has 0 saturated heterocycles. The third-order valence-corrected chi connectivity index (χ3v) is 5.97. The van der Waals surface area contributed by atoms with Crippen LogP contribution in [0.5, 0.6) is 5.75 Å². The van der Waals surface area contributed by atoms with Crippen molar-refractivity contribution in [3.8, 4) is 5.75 Å². The van der Waals surface area contributed by atoms with Crippen molar-refractivity contribution in [3.63, 3.8) is 0 Å². The number of aryl methyl sites for hydroxylation is 1. The van der Waals surface area contributed by atoms with Crippen LogP contribution >= 0.6 is 0 Å². The molecule has 154 valence electrons. The van der Waals surface area contributed by atoms with Crippen molar-refractivity contribution in [2.24, 2.45) is 0 Å². The van der Waals surface area contributed by atoms with Crippen LogP contribution in [0.2, 0.25) is 0 Å². The van der Waals surface area contributed by atoms with Crippen molar-refractivity contribution in [3.05, 3.63) is 59.8 Å². The summed E-state index contributed by atoms with van der Waals surface area (Å²) < 4.78 is 6.29. The zero-order valence-electron chi connectivity index (χ0n) is 17.1. The number of nitrogens with one attached hydrogen (secondary N) is 1. The third kappa shape index (κ3) is 3.75. The van der Waals surface area contributed by atoms with E-state index in [1.807, 2.05) is 24.4 Å². The first kappa shape index (κ1) is 19.0. The van der Waals surface area contributed by atoms with Crippen LogP contribution in [0, 0.1) is 0 Å². The number of H-pyrrole nitrogens is 1. The van der Waals surface area contributed by atoms with E-state index in [1.165, 1.54) is 11.1 Å². The van der Waals surface area contributed by atoms with Crippen LogP contribution in [0.25, 0.3) is 21.9 Å². The fourth-order valence-corrected chi connectivity index (χ4v) is 4.33. The van der Waals surface area contributed by atoms with Crippen LogP contribution < -0.4 is 4.74 Å². The van der Waals surface area contributed by atoms with Gasteiger partial charge in [0.15, 0.2) is 0 Å². The molecule has 2 aromatic carbocycles. The van der Waals surface area contributed by atoms with Gasteiger partial charge in [-0.1, -0.05) is 25.1 Å². The lowest BCUT2D eigenvalue weighted by molar-refractivity contribution is 0.0672. The Morgan fingerprint density at radius 2 is 1.97 bits per heavy atom. The van der Waals surface area contributed by atoms with Gasteiger partial charge in [0.05, 0.1) is 29.6 Å². The van der Waals surface area contributed by atoms with Gasteiger partial charge in [-0.2, -0.15) is 0 Å². The topological polar surface area (TPSA) is 83.9 Å². The molecular weight excluding hydrogens is 376 g/mol. The highest BCUT2D eigenvalue weighted by atomic mass is 16.5. The van der Waals surface area contributed by atoms with Crippen LogP contribution in [0.1, 0.15) is 49.6 Å². The van der Waals surface area contributed by atoms with Gasteiger partial charge in [0, 0.05) is 18.0 Å². The average molecular weight is 402 g/mol. The number of benzene rings is 2. The minimum Gasteiger partial charge on any atom is -0.488 e. The second kappa shape index (κ2) is 8.03. The lowest BCUT2D eigenvalue weighted by Gasteiger charge is -2.26. The number of fused-ring (bicyclic) bond motifs is 2. The number of aromatic nitrogens is 4. The van der Waals surface area contributed by atoms with Crippen LogP contribution in [0.4, 0.5) is 0 Å². The maximum absolute atomic E-state index is 9.75. The van der Waals surface area contributed by atoms with Crippen molar-refractivity contribution in [2.75, 3.05) is 0 Å². The highest BCUT2D eigenvalue weighted by Gasteiger charge is 2.21. The lowest BCUT2D eigenvalue weighted by Crippen LogP contribution is -2.26. The molecule has 0 radical (unpaired) electrons. The number of imidazole rings is 1. The van der Waals surface area contributed by atoms with Crippen molar-refractivity contribution >= 4 is 21.9 Å². The summed E-state index contributed by atoms with van der Waals surface area (Å²) in [6.45, 7) is 2.15. The number of rotatable bonds is 5. The summed E-state index contributed by atoms with van der Waals surface area (Å²) in [6, 6.07) is 10.3. The van der Waals surface area contributed by atoms with Gasteiger partial charge in [-0.25, -0.2) is 15.0 Å². The standard InChI is InChI=1S/C24H26N4O2/c1-2-16-10-15(11-20-23(16)27-14-26-20)12-22-25-13-17-4-3-5-21(24(17)28-22)30-19-8-6-18(29)7-9-19/h3-5,10-11,13-14,18-19,29H,2,6-9,12H2,1H3,(H,26,27). The van der Waals surface area contributed by atoms with E-state index in [0.29, 0.717) is 6.42 Å². The highest BCUT2D eigenvalue weighted by molar-refractivity contribution is 5.84. The molecule has 0 unspecified atom stereocenters. The Morgan fingerprint density at radius 3 is 2.80 bits per heavy atom. The number of aliphatic hydroxyl groups is 1. The molecule has 1 fully saturated rings. The molecule has 1 saturated carbocycles. The Kier molecular flexibility index (Phi) is 5.09. The van der Waals surface area contributed by atoms with Gasteiger partial charge in [-0.05, 0) is 55.4 Å².